The predicted octanol–water partition coefficient (Wildman–Crippen LogP) is 2.23. The molecule has 1 aromatic rings. The molecule has 1 saturated heterocycles. The van der Waals surface area contributed by atoms with Crippen LogP contribution in [-0.2, 0) is 14.9 Å². The molecule has 1 aliphatic heterocycles. The van der Waals surface area contributed by atoms with E-state index in [2.05, 4.69) is 5.32 Å². The molecule has 4 nitrogen and oxygen atoms in total. The molecular weight excluding hydrogens is 252 g/mol. The number of hydrogen-bond acceptors (Lipinski definition) is 3. The van der Waals surface area contributed by atoms with E-state index in [0.717, 1.165) is 25.0 Å². The zero-order valence-electron chi connectivity index (χ0n) is 12.3. The van der Waals surface area contributed by atoms with Gasteiger partial charge in [-0.3, -0.25) is 4.79 Å². The van der Waals surface area contributed by atoms with Gasteiger partial charge in [-0.1, -0.05) is 12.1 Å². The van der Waals surface area contributed by atoms with Gasteiger partial charge in [-0.2, -0.15) is 0 Å². The van der Waals surface area contributed by atoms with E-state index < -0.39 is 5.41 Å². The van der Waals surface area contributed by atoms with E-state index in [4.69, 9.17) is 10.5 Å². The summed E-state index contributed by atoms with van der Waals surface area (Å²) in [5.74, 6) is 0.0245. The summed E-state index contributed by atoms with van der Waals surface area (Å²) in [4.78, 5) is 12.4. The lowest BCUT2D eigenvalue weighted by molar-refractivity contribution is -0.126. The van der Waals surface area contributed by atoms with Gasteiger partial charge in [-0.15, -0.1) is 0 Å². The molecule has 0 aliphatic carbocycles. The van der Waals surface area contributed by atoms with Gasteiger partial charge in [0.2, 0.25) is 5.91 Å². The van der Waals surface area contributed by atoms with Crippen molar-refractivity contribution < 1.29 is 9.53 Å². The van der Waals surface area contributed by atoms with Crippen LogP contribution in [0.2, 0.25) is 0 Å². The van der Waals surface area contributed by atoms with E-state index in [1.165, 1.54) is 6.42 Å². The standard InChI is InChI=1S/C16H24N2O2/c1-16(2,12-6-8-13(17)9-7-12)15(19)18-11-14-5-3-4-10-20-14/h6-9,14H,3-5,10-11,17H2,1-2H3,(H,18,19). The van der Waals surface area contributed by atoms with Crippen LogP contribution >= 0.6 is 0 Å². The van der Waals surface area contributed by atoms with Crippen molar-refractivity contribution in [1.82, 2.24) is 5.32 Å². The van der Waals surface area contributed by atoms with Crippen molar-refractivity contribution in [2.45, 2.75) is 44.6 Å². The molecule has 1 aromatic carbocycles. The second-order valence-corrected chi connectivity index (χ2v) is 5.95. The van der Waals surface area contributed by atoms with Crippen molar-refractivity contribution >= 4 is 11.6 Å². The number of amides is 1. The molecule has 0 radical (unpaired) electrons. The van der Waals surface area contributed by atoms with Crippen LogP contribution in [0.15, 0.2) is 24.3 Å². The Morgan fingerprint density at radius 3 is 2.65 bits per heavy atom. The van der Waals surface area contributed by atoms with Crippen LogP contribution in [-0.4, -0.2) is 25.2 Å². The van der Waals surface area contributed by atoms with Gasteiger partial charge in [0.15, 0.2) is 0 Å². The molecule has 0 aromatic heterocycles. The molecule has 4 heteroatoms. The van der Waals surface area contributed by atoms with Crippen molar-refractivity contribution in [1.29, 1.82) is 0 Å². The van der Waals surface area contributed by atoms with Gasteiger partial charge in [0.1, 0.15) is 0 Å². The average Bonchev–Trinajstić information content (AvgIpc) is 2.46. The second-order valence-electron chi connectivity index (χ2n) is 5.95. The van der Waals surface area contributed by atoms with Crippen molar-refractivity contribution in [3.63, 3.8) is 0 Å². The largest absolute Gasteiger partial charge is 0.399 e. The number of hydrogen-bond donors (Lipinski definition) is 2. The normalized spacial score (nSPS) is 19.6. The molecule has 0 spiro atoms. The molecule has 1 atom stereocenters. The molecule has 20 heavy (non-hydrogen) atoms. The zero-order valence-corrected chi connectivity index (χ0v) is 12.3. The van der Waals surface area contributed by atoms with Crippen LogP contribution in [0, 0.1) is 0 Å². The zero-order chi connectivity index (χ0) is 14.6. The molecule has 0 saturated carbocycles. The molecular formula is C16H24N2O2. The summed E-state index contributed by atoms with van der Waals surface area (Å²) in [6.07, 6.45) is 3.50. The van der Waals surface area contributed by atoms with Crippen LogP contribution < -0.4 is 11.1 Å². The molecule has 1 unspecified atom stereocenters. The van der Waals surface area contributed by atoms with Crippen LogP contribution in [0.4, 0.5) is 5.69 Å². The lowest BCUT2D eigenvalue weighted by Gasteiger charge is -2.27. The number of rotatable bonds is 4. The van der Waals surface area contributed by atoms with Crippen LogP contribution in [0.1, 0.15) is 38.7 Å². The van der Waals surface area contributed by atoms with Gasteiger partial charge < -0.3 is 15.8 Å². The van der Waals surface area contributed by atoms with Crippen molar-refractivity contribution in [3.8, 4) is 0 Å². The average molecular weight is 276 g/mol. The Hall–Kier alpha value is -1.55. The summed E-state index contributed by atoms with van der Waals surface area (Å²) >= 11 is 0. The Balaban J connectivity index is 1.94. The summed E-state index contributed by atoms with van der Waals surface area (Å²) in [6.45, 7) is 5.25. The minimum absolute atomic E-state index is 0.0245. The fourth-order valence-electron chi connectivity index (χ4n) is 2.43. The predicted molar refractivity (Wildman–Crippen MR) is 80.5 cm³/mol. The monoisotopic (exact) mass is 276 g/mol. The Kier molecular flexibility index (Phi) is 4.65. The maximum Gasteiger partial charge on any atom is 0.230 e. The first-order chi connectivity index (χ1) is 9.50. The molecule has 1 amide bonds. The van der Waals surface area contributed by atoms with Crippen LogP contribution in [0.5, 0.6) is 0 Å². The van der Waals surface area contributed by atoms with E-state index in [9.17, 15) is 4.79 Å². The summed E-state index contributed by atoms with van der Waals surface area (Å²) in [7, 11) is 0. The van der Waals surface area contributed by atoms with Gasteiger partial charge in [0, 0.05) is 18.8 Å². The van der Waals surface area contributed by atoms with Crippen molar-refractivity contribution in [3.05, 3.63) is 29.8 Å². The van der Waals surface area contributed by atoms with Gasteiger partial charge in [0.05, 0.1) is 11.5 Å². The Labute approximate surface area is 120 Å². The van der Waals surface area contributed by atoms with E-state index in [0.29, 0.717) is 12.2 Å². The number of nitrogens with one attached hydrogen (secondary N) is 1. The number of carbonyl (C=O) groups excluding carboxylic acids is 1. The van der Waals surface area contributed by atoms with E-state index in [-0.39, 0.29) is 12.0 Å². The highest BCUT2D eigenvalue weighted by Gasteiger charge is 2.30. The number of benzene rings is 1. The van der Waals surface area contributed by atoms with E-state index >= 15 is 0 Å². The number of nitrogens with two attached hydrogens (primary N) is 1. The smallest absolute Gasteiger partial charge is 0.230 e. The summed E-state index contributed by atoms with van der Waals surface area (Å²) < 4.78 is 5.63. The lowest BCUT2D eigenvalue weighted by atomic mass is 9.83. The van der Waals surface area contributed by atoms with Gasteiger partial charge in [-0.25, -0.2) is 0 Å². The fourth-order valence-corrected chi connectivity index (χ4v) is 2.43. The molecule has 110 valence electrons. The number of nitrogen functional groups attached to an aromatic ring is 1. The Morgan fingerprint density at radius 2 is 2.05 bits per heavy atom. The minimum Gasteiger partial charge on any atom is -0.399 e. The van der Waals surface area contributed by atoms with Gasteiger partial charge >= 0.3 is 0 Å². The SMILES string of the molecule is CC(C)(C(=O)NCC1CCCCO1)c1ccc(N)cc1. The maximum atomic E-state index is 12.4. The van der Waals surface area contributed by atoms with Crippen molar-refractivity contribution in [2.24, 2.45) is 0 Å². The van der Waals surface area contributed by atoms with Crippen LogP contribution in [0.3, 0.4) is 0 Å². The highest BCUT2D eigenvalue weighted by molar-refractivity contribution is 5.87. The first-order valence-electron chi connectivity index (χ1n) is 7.26. The van der Waals surface area contributed by atoms with E-state index in [1.54, 1.807) is 0 Å². The number of carbonyl (C=O) groups is 1. The third-order valence-electron chi connectivity index (χ3n) is 3.96. The minimum atomic E-state index is -0.567. The van der Waals surface area contributed by atoms with Gasteiger partial charge in [-0.05, 0) is 50.8 Å². The number of anilines is 1. The third kappa shape index (κ3) is 3.51. The molecule has 2 rings (SSSR count). The van der Waals surface area contributed by atoms with Gasteiger partial charge in [0.25, 0.3) is 0 Å². The molecule has 1 heterocycles. The molecule has 0 bridgehead atoms. The highest BCUT2D eigenvalue weighted by Crippen LogP contribution is 2.24. The molecule has 3 N–H and O–H groups in total. The molecule has 1 fully saturated rings. The summed E-state index contributed by atoms with van der Waals surface area (Å²) in [6, 6.07) is 7.47. The van der Waals surface area contributed by atoms with Crippen LogP contribution in [0.25, 0.3) is 0 Å². The lowest BCUT2D eigenvalue weighted by Crippen LogP contribution is -2.44. The highest BCUT2D eigenvalue weighted by atomic mass is 16.5. The maximum absolute atomic E-state index is 12.4. The van der Waals surface area contributed by atoms with Crippen molar-refractivity contribution in [2.75, 3.05) is 18.9 Å². The Morgan fingerprint density at radius 1 is 1.35 bits per heavy atom. The second kappa shape index (κ2) is 6.27. The number of ether oxygens (including phenoxy) is 1. The molecule has 1 aliphatic rings. The Bertz CT molecular complexity index is 448. The summed E-state index contributed by atoms with van der Waals surface area (Å²) in [5.41, 5.74) is 6.79. The summed E-state index contributed by atoms with van der Waals surface area (Å²) in [5, 5.41) is 3.01. The topological polar surface area (TPSA) is 64.3 Å². The first-order valence-corrected chi connectivity index (χ1v) is 7.26. The third-order valence-corrected chi connectivity index (χ3v) is 3.96. The quantitative estimate of drug-likeness (QED) is 0.829. The van der Waals surface area contributed by atoms with E-state index in [1.807, 2.05) is 38.1 Å². The first kappa shape index (κ1) is 14.9. The fraction of sp³-hybridized carbons (Fsp3) is 0.562.